The van der Waals surface area contributed by atoms with Crippen molar-refractivity contribution in [2.45, 2.75) is 25.3 Å². The van der Waals surface area contributed by atoms with E-state index in [4.69, 9.17) is 69.6 Å². The molecule has 0 amide bonds. The molecular weight excluding hydrogens is 522 g/mol. The summed E-state index contributed by atoms with van der Waals surface area (Å²) in [6.45, 7) is 0. The first-order valence-corrected chi connectivity index (χ1v) is 13.0. The second-order valence-electron chi connectivity index (χ2n) is 2.56. The molecule has 0 nitrogen and oxygen atoms in total. The van der Waals surface area contributed by atoms with Gasteiger partial charge in [0.2, 0.25) is 0 Å². The Morgan fingerprint density at radius 2 is 0.929 bits per heavy atom. The fourth-order valence-corrected chi connectivity index (χ4v) is 8.57. The van der Waals surface area contributed by atoms with Crippen molar-refractivity contribution in [3.8, 4) is 0 Å². The van der Waals surface area contributed by atoms with E-state index in [0.717, 1.165) is 21.7 Å². The third kappa shape index (κ3) is 15.3. The molecule has 0 aliphatic heterocycles. The van der Waals surface area contributed by atoms with Crippen LogP contribution in [0.5, 0.6) is 0 Å². The Balaban J connectivity index is 3.23. The Labute approximate surface area is 135 Å². The van der Waals surface area contributed by atoms with Gasteiger partial charge in [-0.15, -0.1) is 0 Å². The molecule has 0 saturated carbocycles. The molecule has 0 unspecified atom stereocenters. The van der Waals surface area contributed by atoms with Gasteiger partial charge in [0.25, 0.3) is 0 Å². The second-order valence-corrected chi connectivity index (χ2v) is 21.7. The van der Waals surface area contributed by atoms with Gasteiger partial charge < -0.3 is 0 Å². The van der Waals surface area contributed by atoms with E-state index in [2.05, 4.69) is 0 Å². The molecule has 0 fully saturated rings. The van der Waals surface area contributed by atoms with Crippen LogP contribution in [0.3, 0.4) is 0 Å². The predicted octanol–water partition coefficient (Wildman–Crippen LogP) is 4.67. The van der Waals surface area contributed by atoms with Gasteiger partial charge in [-0.3, -0.25) is 0 Å². The maximum atomic E-state index is 5.67. The molecule has 0 spiro atoms. The molecule has 0 heterocycles. The number of hydrogen-bond acceptors (Lipinski definition) is 0. The van der Waals surface area contributed by atoms with Crippen molar-refractivity contribution in [3.63, 3.8) is 0 Å². The zero-order chi connectivity index (χ0) is 11.2. The molecule has 0 saturated heterocycles. The van der Waals surface area contributed by atoms with Crippen LogP contribution in [0.25, 0.3) is 0 Å². The fourth-order valence-electron chi connectivity index (χ4n) is 0.710. The first kappa shape index (κ1) is 17.3. The Bertz CT molecular complexity index is 133. The van der Waals surface area contributed by atoms with E-state index in [-0.39, 0.29) is 0 Å². The van der Waals surface area contributed by atoms with Crippen LogP contribution in [0.4, 0.5) is 0 Å². The van der Waals surface area contributed by atoms with Crippen LogP contribution < -0.4 is 0 Å². The molecule has 0 aromatic rings. The van der Waals surface area contributed by atoms with E-state index < -0.39 is 45.9 Å². The Morgan fingerprint density at radius 3 is 1.14 bits per heavy atom. The van der Waals surface area contributed by atoms with Gasteiger partial charge in [0.05, 0.1) is 0 Å². The summed E-state index contributed by atoms with van der Waals surface area (Å²) in [5, 5.41) is 0. The molecule has 0 bridgehead atoms. The summed E-state index contributed by atoms with van der Waals surface area (Å²) in [5.74, 6) is 0. The summed E-state index contributed by atoms with van der Waals surface area (Å²) in [6, 6.07) is 0. The molecule has 0 rings (SSSR count). The standard InChI is InChI=1S/C4H8.2CCl3.2Sn/c1-3-4-2;2*2-1(3)4;;/h1-4H2;;;;. The van der Waals surface area contributed by atoms with Gasteiger partial charge in [0.15, 0.2) is 0 Å². The van der Waals surface area contributed by atoms with E-state index in [1.807, 2.05) is 0 Å². The number of unbranched alkanes of at least 4 members (excludes halogenated alkanes) is 1. The van der Waals surface area contributed by atoms with Gasteiger partial charge >= 0.3 is 137 Å². The van der Waals surface area contributed by atoms with Crippen molar-refractivity contribution in [2.24, 2.45) is 0 Å². The number of halogens is 6. The Kier molecular flexibility index (Phi) is 10.5. The third-order valence-electron chi connectivity index (χ3n) is 1.25. The topological polar surface area (TPSA) is 0 Å². The molecule has 0 atom stereocenters. The first-order valence-electron chi connectivity index (χ1n) is 3.84. The average Bonchev–Trinajstić information content (AvgIpc) is 1.92. The Hall–Kier alpha value is 3.34. The zero-order valence-electron chi connectivity index (χ0n) is 7.10. The van der Waals surface area contributed by atoms with Crippen LogP contribution in [0.15, 0.2) is 0 Å². The van der Waals surface area contributed by atoms with Crippen LogP contribution in [-0.2, 0) is 0 Å². The SMILES string of the molecule is Cl[C](Cl)(Cl)[Sn][CH2]CC[CH2][Sn][C](Cl)(Cl)Cl. The zero-order valence-corrected chi connectivity index (χ0v) is 17.3. The number of hydrogen-bond donors (Lipinski definition) is 0. The minimum absolute atomic E-state index is 0.863. The quantitative estimate of drug-likeness (QED) is 0.276. The predicted molar refractivity (Wildman–Crippen MR) is 70.9 cm³/mol. The van der Waals surface area contributed by atoms with Crippen molar-refractivity contribution < 1.29 is 0 Å². The summed E-state index contributed by atoms with van der Waals surface area (Å²) in [5.41, 5.74) is 0. The van der Waals surface area contributed by atoms with Gasteiger partial charge in [-0.2, -0.15) is 0 Å². The molecule has 0 aliphatic rings. The maximum absolute atomic E-state index is 5.67. The van der Waals surface area contributed by atoms with Gasteiger partial charge in [-0.25, -0.2) is 0 Å². The average molecular weight is 530 g/mol. The molecule has 14 heavy (non-hydrogen) atoms. The normalized spacial score (nSPS) is 13.3. The van der Waals surface area contributed by atoms with Crippen LogP contribution in [-0.4, -0.2) is 45.9 Å². The molecular formula is C6H8Cl6Sn2. The molecule has 82 valence electrons. The summed E-state index contributed by atoms with van der Waals surface area (Å²) in [4.78, 5) is 0. The number of alkyl halides is 6. The van der Waals surface area contributed by atoms with Crippen molar-refractivity contribution >= 4 is 112 Å². The second kappa shape index (κ2) is 8.44. The van der Waals surface area contributed by atoms with Crippen LogP contribution >= 0.6 is 69.6 Å². The fraction of sp³-hybridized carbons (Fsp3) is 1.00. The van der Waals surface area contributed by atoms with E-state index in [1.165, 1.54) is 0 Å². The summed E-state index contributed by atoms with van der Waals surface area (Å²) < 4.78 is 0.273. The van der Waals surface area contributed by atoms with Gasteiger partial charge in [0, 0.05) is 0 Å². The van der Waals surface area contributed by atoms with Crippen molar-refractivity contribution in [1.82, 2.24) is 0 Å². The molecule has 0 aromatic carbocycles. The van der Waals surface area contributed by atoms with E-state index in [1.54, 1.807) is 0 Å². The summed E-state index contributed by atoms with van der Waals surface area (Å²) in [6.07, 6.45) is 2.23. The van der Waals surface area contributed by atoms with Crippen molar-refractivity contribution in [3.05, 3.63) is 0 Å². The van der Waals surface area contributed by atoms with Gasteiger partial charge in [0.1, 0.15) is 0 Å². The monoisotopic (exact) mass is 530 g/mol. The molecule has 0 aliphatic carbocycles. The van der Waals surface area contributed by atoms with Gasteiger partial charge in [-0.05, 0) is 0 Å². The van der Waals surface area contributed by atoms with Gasteiger partial charge in [-0.1, -0.05) is 0 Å². The molecule has 8 heteroatoms. The summed E-state index contributed by atoms with van der Waals surface area (Å²) >= 11 is 32.3. The third-order valence-corrected chi connectivity index (χ3v) is 12.4. The van der Waals surface area contributed by atoms with Crippen LogP contribution in [0, 0.1) is 0 Å². The molecule has 0 aromatic heterocycles. The van der Waals surface area contributed by atoms with Crippen molar-refractivity contribution in [1.29, 1.82) is 0 Å². The first-order chi connectivity index (χ1) is 6.21. The van der Waals surface area contributed by atoms with E-state index in [9.17, 15) is 0 Å². The summed E-state index contributed by atoms with van der Waals surface area (Å²) in [7, 11) is 0. The minimum atomic E-state index is -0.946. The van der Waals surface area contributed by atoms with Crippen molar-refractivity contribution in [2.75, 3.05) is 0 Å². The number of rotatable bonds is 5. The van der Waals surface area contributed by atoms with E-state index >= 15 is 0 Å². The van der Waals surface area contributed by atoms with E-state index in [0.29, 0.717) is 0 Å². The van der Waals surface area contributed by atoms with Crippen LogP contribution in [0.2, 0.25) is 8.87 Å². The molecule has 4 radical (unpaired) electrons. The van der Waals surface area contributed by atoms with Crippen LogP contribution in [0.1, 0.15) is 12.8 Å². The molecule has 0 N–H and O–H groups in total. The Morgan fingerprint density at radius 1 is 0.643 bits per heavy atom.